The molecule has 1 saturated carbocycles. The molecule has 1 saturated heterocycles. The number of rotatable bonds is 1. The van der Waals surface area contributed by atoms with Gasteiger partial charge in [-0.3, -0.25) is 0 Å². The zero-order valence-corrected chi connectivity index (χ0v) is 9.87. The Morgan fingerprint density at radius 2 is 2.00 bits per heavy atom. The van der Waals surface area contributed by atoms with E-state index < -0.39 is 11.7 Å². The van der Waals surface area contributed by atoms with Gasteiger partial charge in [-0.05, 0) is 43.4 Å². The number of alkyl halides is 3. The molecule has 0 amide bonds. The van der Waals surface area contributed by atoms with Gasteiger partial charge in [-0.2, -0.15) is 13.2 Å². The van der Waals surface area contributed by atoms with Gasteiger partial charge >= 0.3 is 6.18 Å². The van der Waals surface area contributed by atoms with Gasteiger partial charge in [-0.25, -0.2) is 0 Å². The Morgan fingerprint density at radius 1 is 1.22 bits per heavy atom. The average molecular weight is 256 g/mol. The maximum absolute atomic E-state index is 13.0. The van der Waals surface area contributed by atoms with Crippen molar-refractivity contribution in [3.63, 3.8) is 0 Å². The lowest BCUT2D eigenvalue weighted by Crippen LogP contribution is -2.33. The van der Waals surface area contributed by atoms with Gasteiger partial charge < -0.3 is 10.6 Å². The van der Waals surface area contributed by atoms with E-state index in [4.69, 9.17) is 5.73 Å². The van der Waals surface area contributed by atoms with Gasteiger partial charge in [0.05, 0.1) is 5.56 Å². The predicted molar refractivity (Wildman–Crippen MR) is 64.3 cm³/mol. The monoisotopic (exact) mass is 256 g/mol. The van der Waals surface area contributed by atoms with Gasteiger partial charge in [0.15, 0.2) is 0 Å². The minimum Gasteiger partial charge on any atom is -0.399 e. The van der Waals surface area contributed by atoms with Crippen molar-refractivity contribution in [2.75, 3.05) is 17.2 Å². The van der Waals surface area contributed by atoms with Crippen molar-refractivity contribution in [2.45, 2.75) is 31.5 Å². The van der Waals surface area contributed by atoms with Crippen molar-refractivity contribution in [3.8, 4) is 0 Å². The topological polar surface area (TPSA) is 29.3 Å². The minimum atomic E-state index is -4.34. The van der Waals surface area contributed by atoms with Crippen molar-refractivity contribution in [3.05, 3.63) is 23.8 Å². The van der Waals surface area contributed by atoms with Gasteiger partial charge in [-0.1, -0.05) is 0 Å². The van der Waals surface area contributed by atoms with Crippen LogP contribution in [-0.2, 0) is 6.18 Å². The fraction of sp³-hybridized carbons (Fsp3) is 0.538. The second-order valence-electron chi connectivity index (χ2n) is 5.26. The molecule has 1 aromatic rings. The highest BCUT2D eigenvalue weighted by Crippen LogP contribution is 2.45. The van der Waals surface area contributed by atoms with Crippen LogP contribution in [0.1, 0.15) is 24.8 Å². The van der Waals surface area contributed by atoms with E-state index in [9.17, 15) is 13.2 Å². The molecule has 5 heteroatoms. The average Bonchev–Trinajstić information content (AvgIpc) is 2.89. The molecule has 2 fully saturated rings. The number of anilines is 2. The Morgan fingerprint density at radius 3 is 2.56 bits per heavy atom. The Hall–Kier alpha value is -1.39. The molecule has 2 N–H and O–H groups in total. The number of fused-ring (bicyclic) bond motifs is 2. The van der Waals surface area contributed by atoms with Gasteiger partial charge in [0.25, 0.3) is 0 Å². The van der Waals surface area contributed by atoms with Gasteiger partial charge in [0.1, 0.15) is 0 Å². The molecule has 3 rings (SSSR count). The SMILES string of the molecule is Nc1ccc(N2CC3CCC2C3)c(C(F)(F)F)c1. The standard InChI is InChI=1S/C13H15F3N2/c14-13(15,16)11-6-9(17)2-4-12(11)18-7-8-1-3-10(18)5-8/h2,4,6,8,10H,1,3,5,7,17H2. The Kier molecular flexibility index (Phi) is 2.47. The fourth-order valence-corrected chi connectivity index (χ4v) is 3.25. The van der Waals surface area contributed by atoms with Gasteiger partial charge in [0, 0.05) is 24.0 Å². The zero-order valence-electron chi connectivity index (χ0n) is 9.87. The molecule has 0 radical (unpaired) electrons. The van der Waals surface area contributed by atoms with Crippen molar-refractivity contribution < 1.29 is 13.2 Å². The lowest BCUT2D eigenvalue weighted by atomic mass is 10.1. The summed E-state index contributed by atoms with van der Waals surface area (Å²) in [5, 5.41) is 0. The Balaban J connectivity index is 2.01. The summed E-state index contributed by atoms with van der Waals surface area (Å²) in [4.78, 5) is 1.91. The van der Waals surface area contributed by atoms with E-state index in [-0.39, 0.29) is 11.7 Å². The molecule has 1 aliphatic carbocycles. The van der Waals surface area contributed by atoms with Crippen molar-refractivity contribution in [1.29, 1.82) is 0 Å². The highest BCUT2D eigenvalue weighted by Gasteiger charge is 2.42. The van der Waals surface area contributed by atoms with E-state index in [1.165, 1.54) is 6.07 Å². The maximum Gasteiger partial charge on any atom is 0.418 e. The van der Waals surface area contributed by atoms with Crippen LogP contribution in [0, 0.1) is 5.92 Å². The summed E-state index contributed by atoms with van der Waals surface area (Å²) in [6.07, 6.45) is -1.15. The lowest BCUT2D eigenvalue weighted by Gasteiger charge is -2.31. The van der Waals surface area contributed by atoms with Crippen LogP contribution in [0.15, 0.2) is 18.2 Å². The van der Waals surface area contributed by atoms with Crippen LogP contribution in [0.4, 0.5) is 24.5 Å². The second kappa shape index (κ2) is 3.80. The maximum atomic E-state index is 13.0. The van der Waals surface area contributed by atoms with Crippen LogP contribution in [0.5, 0.6) is 0 Å². The summed E-state index contributed by atoms with van der Waals surface area (Å²) in [5.41, 5.74) is 5.34. The van der Waals surface area contributed by atoms with Crippen LogP contribution in [0.2, 0.25) is 0 Å². The first-order chi connectivity index (χ1) is 8.45. The normalized spacial score (nSPS) is 26.9. The zero-order chi connectivity index (χ0) is 12.9. The number of benzene rings is 1. The number of nitrogens with two attached hydrogens (primary N) is 1. The van der Waals surface area contributed by atoms with E-state index in [1.54, 1.807) is 6.07 Å². The molecular formula is C13H15F3N2. The second-order valence-corrected chi connectivity index (χ2v) is 5.26. The first-order valence-corrected chi connectivity index (χ1v) is 6.18. The van der Waals surface area contributed by atoms with E-state index in [2.05, 4.69) is 0 Å². The molecule has 1 aromatic carbocycles. The lowest BCUT2D eigenvalue weighted by molar-refractivity contribution is -0.137. The summed E-state index contributed by atoms with van der Waals surface area (Å²) >= 11 is 0. The summed E-state index contributed by atoms with van der Waals surface area (Å²) in [7, 11) is 0. The highest BCUT2D eigenvalue weighted by molar-refractivity contribution is 5.62. The third kappa shape index (κ3) is 1.82. The highest BCUT2D eigenvalue weighted by atomic mass is 19.4. The third-order valence-electron chi connectivity index (χ3n) is 4.04. The number of hydrogen-bond donors (Lipinski definition) is 1. The first kappa shape index (κ1) is 11.7. The van der Waals surface area contributed by atoms with E-state index in [0.717, 1.165) is 31.9 Å². The fourth-order valence-electron chi connectivity index (χ4n) is 3.25. The molecule has 2 unspecified atom stereocenters. The molecule has 0 spiro atoms. The smallest absolute Gasteiger partial charge is 0.399 e. The first-order valence-electron chi connectivity index (χ1n) is 6.18. The van der Waals surface area contributed by atoms with E-state index in [0.29, 0.717) is 11.6 Å². The Bertz CT molecular complexity index is 470. The molecule has 1 heterocycles. The number of piperidine rings is 1. The third-order valence-corrected chi connectivity index (χ3v) is 4.04. The van der Waals surface area contributed by atoms with Crippen LogP contribution >= 0.6 is 0 Å². The molecule has 0 aromatic heterocycles. The molecule has 2 bridgehead atoms. The molecule has 98 valence electrons. The number of nitrogen functional groups attached to an aromatic ring is 1. The van der Waals surface area contributed by atoms with Crippen LogP contribution in [-0.4, -0.2) is 12.6 Å². The van der Waals surface area contributed by atoms with Crippen LogP contribution in [0.25, 0.3) is 0 Å². The number of hydrogen-bond acceptors (Lipinski definition) is 2. The summed E-state index contributed by atoms with van der Waals surface area (Å²) in [6, 6.07) is 4.39. The van der Waals surface area contributed by atoms with Crippen LogP contribution in [0.3, 0.4) is 0 Å². The van der Waals surface area contributed by atoms with Crippen LogP contribution < -0.4 is 10.6 Å². The molecular weight excluding hydrogens is 241 g/mol. The minimum absolute atomic E-state index is 0.162. The van der Waals surface area contributed by atoms with E-state index in [1.807, 2.05) is 4.90 Å². The van der Waals surface area contributed by atoms with Crippen molar-refractivity contribution >= 4 is 11.4 Å². The molecule has 18 heavy (non-hydrogen) atoms. The number of nitrogens with zero attached hydrogens (tertiary/aromatic N) is 1. The largest absolute Gasteiger partial charge is 0.418 e. The summed E-state index contributed by atoms with van der Waals surface area (Å²) in [6.45, 7) is 0.748. The summed E-state index contributed by atoms with van der Waals surface area (Å²) in [5.74, 6) is 0.564. The number of halogens is 3. The molecule has 2 aliphatic rings. The van der Waals surface area contributed by atoms with Crippen molar-refractivity contribution in [1.82, 2.24) is 0 Å². The Labute approximate surface area is 104 Å². The van der Waals surface area contributed by atoms with Gasteiger partial charge in [-0.15, -0.1) is 0 Å². The quantitative estimate of drug-likeness (QED) is 0.781. The van der Waals surface area contributed by atoms with E-state index >= 15 is 0 Å². The molecule has 2 atom stereocenters. The van der Waals surface area contributed by atoms with Crippen molar-refractivity contribution in [2.24, 2.45) is 5.92 Å². The predicted octanol–water partition coefficient (Wildman–Crippen LogP) is 3.28. The summed E-state index contributed by atoms with van der Waals surface area (Å²) < 4.78 is 39.1. The molecule has 1 aliphatic heterocycles. The molecule has 2 nitrogen and oxygen atoms in total. The van der Waals surface area contributed by atoms with Gasteiger partial charge in [0.2, 0.25) is 0 Å².